The summed E-state index contributed by atoms with van der Waals surface area (Å²) in [6, 6.07) is 10.6. The van der Waals surface area contributed by atoms with Crippen molar-refractivity contribution in [3.63, 3.8) is 0 Å². The van der Waals surface area contributed by atoms with Crippen LogP contribution in [0, 0.1) is 0 Å². The van der Waals surface area contributed by atoms with E-state index in [0.29, 0.717) is 23.9 Å². The number of aliphatic hydroxyl groups is 1. The summed E-state index contributed by atoms with van der Waals surface area (Å²) in [4.78, 5) is 0. The van der Waals surface area contributed by atoms with Gasteiger partial charge < -0.3 is 33.9 Å². The molecule has 2 aromatic carbocycles. The molecule has 0 bridgehead atoms. The average Bonchev–Trinajstić information content (AvgIpc) is 2.74. The Balaban J connectivity index is 1.90. The maximum absolute atomic E-state index is 9.93. The lowest BCUT2D eigenvalue weighted by Crippen LogP contribution is -2.46. The van der Waals surface area contributed by atoms with Crippen LogP contribution in [-0.4, -0.2) is 49.5 Å². The zero-order valence-corrected chi connectivity index (χ0v) is 17.6. The number of phenolic OH excluding ortho intramolecular Hbond substituents is 1. The van der Waals surface area contributed by atoms with Gasteiger partial charge in [-0.25, -0.2) is 0 Å². The molecule has 7 heteroatoms. The van der Waals surface area contributed by atoms with E-state index in [9.17, 15) is 5.11 Å². The lowest BCUT2D eigenvalue weighted by Gasteiger charge is -2.41. The molecule has 0 unspecified atom stereocenters. The Morgan fingerprint density at radius 1 is 1.07 bits per heavy atom. The number of hydrogen-bond donors (Lipinski definition) is 2. The second-order valence-electron chi connectivity index (χ2n) is 7.33. The number of ether oxygens (including phenoxy) is 5. The highest BCUT2D eigenvalue weighted by Crippen LogP contribution is 2.40. The van der Waals surface area contributed by atoms with Gasteiger partial charge in [-0.1, -0.05) is 24.3 Å². The molecule has 1 heterocycles. The number of methoxy groups -OCH3 is 2. The van der Waals surface area contributed by atoms with Gasteiger partial charge >= 0.3 is 0 Å². The number of rotatable bonds is 7. The van der Waals surface area contributed by atoms with E-state index in [1.807, 2.05) is 32.0 Å². The third-order valence-corrected chi connectivity index (χ3v) is 4.76. The van der Waals surface area contributed by atoms with E-state index in [-0.39, 0.29) is 12.4 Å². The van der Waals surface area contributed by atoms with Crippen LogP contribution < -0.4 is 14.2 Å². The van der Waals surface area contributed by atoms with Crippen LogP contribution in [0.2, 0.25) is 0 Å². The summed E-state index contributed by atoms with van der Waals surface area (Å²) < 4.78 is 29.0. The highest BCUT2D eigenvalue weighted by Gasteiger charge is 2.39. The highest BCUT2D eigenvalue weighted by molar-refractivity contribution is 5.56. The van der Waals surface area contributed by atoms with Gasteiger partial charge in [0.25, 0.3) is 0 Å². The molecule has 1 aliphatic heterocycles. The van der Waals surface area contributed by atoms with Crippen LogP contribution >= 0.6 is 0 Å². The number of aromatic hydroxyl groups is 1. The van der Waals surface area contributed by atoms with Gasteiger partial charge in [-0.3, -0.25) is 0 Å². The van der Waals surface area contributed by atoms with Crippen molar-refractivity contribution in [2.24, 2.45) is 0 Å². The van der Waals surface area contributed by atoms with E-state index in [1.54, 1.807) is 37.5 Å². The molecule has 1 fully saturated rings. The second-order valence-corrected chi connectivity index (χ2v) is 7.33. The van der Waals surface area contributed by atoms with Crippen LogP contribution in [0.3, 0.4) is 0 Å². The predicted octanol–water partition coefficient (Wildman–Crippen LogP) is 3.69. The van der Waals surface area contributed by atoms with Gasteiger partial charge in [0.1, 0.15) is 6.10 Å². The number of benzene rings is 2. The minimum atomic E-state index is -0.793. The second kappa shape index (κ2) is 9.38. The van der Waals surface area contributed by atoms with Crippen LogP contribution in [0.25, 0.3) is 6.08 Å². The minimum absolute atomic E-state index is 0.0368. The Bertz CT molecular complexity index is 891. The zero-order chi connectivity index (χ0) is 21.7. The molecule has 1 aliphatic rings. The first kappa shape index (κ1) is 22.0. The standard InChI is InChI=1S/C23H28O7/c1-23(2)28-14-21(22(30-23)16-8-9-17(25)19(13-16)26-3)29-18-10-7-15(6-5-11-24)12-20(18)27-4/h5-10,12-13,21-22,24-25H,11,14H2,1-4H3/b6-5+/t21-,22+/m0/s1. The first-order chi connectivity index (χ1) is 14.4. The van der Waals surface area contributed by atoms with Crippen molar-refractivity contribution in [1.29, 1.82) is 0 Å². The van der Waals surface area contributed by atoms with Gasteiger partial charge in [0.05, 0.1) is 27.4 Å². The quantitative estimate of drug-likeness (QED) is 0.712. The third kappa shape index (κ3) is 5.05. The molecular weight excluding hydrogens is 388 g/mol. The molecule has 0 aromatic heterocycles. The van der Waals surface area contributed by atoms with Crippen molar-refractivity contribution >= 4 is 6.08 Å². The molecule has 30 heavy (non-hydrogen) atoms. The Kier molecular flexibility index (Phi) is 6.87. The molecule has 3 rings (SSSR count). The maximum atomic E-state index is 9.93. The van der Waals surface area contributed by atoms with Crippen LogP contribution in [0.15, 0.2) is 42.5 Å². The largest absolute Gasteiger partial charge is 0.504 e. The first-order valence-electron chi connectivity index (χ1n) is 9.67. The lowest BCUT2D eigenvalue weighted by molar-refractivity contribution is -0.302. The lowest BCUT2D eigenvalue weighted by atomic mass is 10.0. The molecule has 0 aliphatic carbocycles. The minimum Gasteiger partial charge on any atom is -0.504 e. The van der Waals surface area contributed by atoms with Crippen molar-refractivity contribution in [2.45, 2.75) is 31.8 Å². The van der Waals surface area contributed by atoms with Crippen molar-refractivity contribution in [2.75, 3.05) is 27.4 Å². The molecule has 0 saturated carbocycles. The smallest absolute Gasteiger partial charge is 0.163 e. The van der Waals surface area contributed by atoms with E-state index < -0.39 is 18.0 Å². The molecule has 0 radical (unpaired) electrons. The number of aliphatic hydroxyl groups excluding tert-OH is 1. The predicted molar refractivity (Wildman–Crippen MR) is 112 cm³/mol. The molecule has 0 amide bonds. The van der Waals surface area contributed by atoms with Crippen molar-refractivity contribution in [3.8, 4) is 23.0 Å². The summed E-state index contributed by atoms with van der Waals surface area (Å²) in [6.07, 6.45) is 2.53. The Morgan fingerprint density at radius 2 is 1.83 bits per heavy atom. The summed E-state index contributed by atoms with van der Waals surface area (Å²) in [6.45, 7) is 3.95. The van der Waals surface area contributed by atoms with E-state index in [1.165, 1.54) is 7.11 Å². The van der Waals surface area contributed by atoms with Crippen LogP contribution in [0.1, 0.15) is 31.1 Å². The van der Waals surface area contributed by atoms with Crippen molar-refractivity contribution in [1.82, 2.24) is 0 Å². The molecule has 2 N–H and O–H groups in total. The van der Waals surface area contributed by atoms with Gasteiger partial charge in [-0.2, -0.15) is 0 Å². The van der Waals surface area contributed by atoms with Gasteiger partial charge in [-0.15, -0.1) is 0 Å². The molecule has 2 atom stereocenters. The fourth-order valence-corrected chi connectivity index (χ4v) is 3.27. The van der Waals surface area contributed by atoms with Gasteiger partial charge in [0.15, 0.2) is 34.9 Å². The van der Waals surface area contributed by atoms with Crippen LogP contribution in [0.5, 0.6) is 23.0 Å². The van der Waals surface area contributed by atoms with Crippen molar-refractivity contribution < 1.29 is 33.9 Å². The summed E-state index contributed by atoms with van der Waals surface area (Å²) in [7, 11) is 3.07. The molecule has 162 valence electrons. The van der Waals surface area contributed by atoms with Gasteiger partial charge in [0, 0.05) is 0 Å². The summed E-state index contributed by atoms with van der Waals surface area (Å²) in [5.74, 6) is 0.724. The SMILES string of the molecule is COc1cc([C@H]2OC(C)(C)OC[C@@H]2Oc2ccc(/C=C/CO)cc2OC)ccc1O. The normalized spacial score (nSPS) is 20.8. The van der Waals surface area contributed by atoms with E-state index in [2.05, 4.69) is 0 Å². The third-order valence-electron chi connectivity index (χ3n) is 4.76. The Hall–Kier alpha value is -2.74. The first-order valence-corrected chi connectivity index (χ1v) is 9.67. The monoisotopic (exact) mass is 416 g/mol. The van der Waals surface area contributed by atoms with Crippen LogP contribution in [0.4, 0.5) is 0 Å². The molecule has 1 saturated heterocycles. The fraction of sp³-hybridized carbons (Fsp3) is 0.391. The average molecular weight is 416 g/mol. The molecular formula is C23H28O7. The topological polar surface area (TPSA) is 86.6 Å². The maximum Gasteiger partial charge on any atom is 0.163 e. The number of phenols is 1. The van der Waals surface area contributed by atoms with E-state index in [0.717, 1.165) is 11.1 Å². The van der Waals surface area contributed by atoms with Gasteiger partial charge in [0.2, 0.25) is 0 Å². The Morgan fingerprint density at radius 3 is 2.53 bits per heavy atom. The van der Waals surface area contributed by atoms with Crippen molar-refractivity contribution in [3.05, 3.63) is 53.6 Å². The molecule has 0 spiro atoms. The Labute approximate surface area is 176 Å². The fourth-order valence-electron chi connectivity index (χ4n) is 3.27. The number of hydrogen-bond acceptors (Lipinski definition) is 7. The van der Waals surface area contributed by atoms with E-state index in [4.69, 9.17) is 28.8 Å². The zero-order valence-electron chi connectivity index (χ0n) is 17.6. The summed E-state index contributed by atoms with van der Waals surface area (Å²) >= 11 is 0. The molecule has 2 aromatic rings. The van der Waals surface area contributed by atoms with Gasteiger partial charge in [-0.05, 0) is 49.2 Å². The highest BCUT2D eigenvalue weighted by atomic mass is 16.7. The van der Waals surface area contributed by atoms with Crippen LogP contribution in [-0.2, 0) is 9.47 Å². The van der Waals surface area contributed by atoms with E-state index >= 15 is 0 Å². The molecule has 7 nitrogen and oxygen atoms in total. The summed E-state index contributed by atoms with van der Waals surface area (Å²) in [5, 5.41) is 18.9. The summed E-state index contributed by atoms with van der Waals surface area (Å²) in [5.41, 5.74) is 1.68.